The fourth-order valence-corrected chi connectivity index (χ4v) is 2.47. The van der Waals surface area contributed by atoms with Crippen molar-refractivity contribution in [3.05, 3.63) is 28.6 Å². The van der Waals surface area contributed by atoms with Gasteiger partial charge in [0.25, 0.3) is 0 Å². The zero-order chi connectivity index (χ0) is 8.72. The largest absolute Gasteiger partial charge is 0.398 e. The van der Waals surface area contributed by atoms with E-state index in [4.69, 9.17) is 5.73 Å². The predicted octanol–water partition coefficient (Wildman–Crippen LogP) is 3.10. The van der Waals surface area contributed by atoms with Crippen LogP contribution in [-0.4, -0.2) is 0 Å². The number of nitrogen functional groups attached to an aromatic ring is 1. The maximum absolute atomic E-state index is 5.85. The number of hydrogen-bond donors (Lipinski definition) is 1. The first-order chi connectivity index (χ1) is 5.70. The Morgan fingerprint density at radius 2 is 2.00 bits per heavy atom. The molecule has 1 nitrogen and oxygen atoms in total. The highest BCUT2D eigenvalue weighted by Crippen LogP contribution is 2.33. The molecule has 0 spiro atoms. The molecule has 2 heteroatoms. The third-order valence-corrected chi connectivity index (χ3v) is 3.50. The van der Waals surface area contributed by atoms with Gasteiger partial charge in [0.1, 0.15) is 0 Å². The molecular weight excluding hydrogens is 166 g/mol. The molecular formula is C10H11NS. The molecule has 0 unspecified atom stereocenters. The molecule has 2 aromatic rings. The van der Waals surface area contributed by atoms with E-state index >= 15 is 0 Å². The highest BCUT2D eigenvalue weighted by atomic mass is 32.1. The van der Waals surface area contributed by atoms with Crippen molar-refractivity contribution in [1.29, 1.82) is 0 Å². The van der Waals surface area contributed by atoms with Gasteiger partial charge in [0.15, 0.2) is 0 Å². The number of hydrogen-bond acceptors (Lipinski definition) is 2. The summed E-state index contributed by atoms with van der Waals surface area (Å²) in [5.41, 5.74) is 8.11. The van der Waals surface area contributed by atoms with Crippen LogP contribution in [0.15, 0.2) is 18.2 Å². The average Bonchev–Trinajstić information content (AvgIpc) is 2.32. The topological polar surface area (TPSA) is 26.0 Å². The second kappa shape index (κ2) is 2.49. The molecule has 1 aromatic heterocycles. The Morgan fingerprint density at radius 3 is 2.67 bits per heavy atom. The van der Waals surface area contributed by atoms with Crippen molar-refractivity contribution in [3.63, 3.8) is 0 Å². The van der Waals surface area contributed by atoms with Gasteiger partial charge in [-0.15, -0.1) is 11.3 Å². The number of fused-ring (bicyclic) bond motifs is 1. The lowest BCUT2D eigenvalue weighted by atomic mass is 10.1. The Labute approximate surface area is 75.8 Å². The first-order valence-corrected chi connectivity index (χ1v) is 4.76. The van der Waals surface area contributed by atoms with E-state index in [1.807, 2.05) is 12.1 Å². The van der Waals surface area contributed by atoms with E-state index in [0.717, 1.165) is 5.69 Å². The Bertz CT molecular complexity index is 429. The van der Waals surface area contributed by atoms with Crippen LogP contribution < -0.4 is 5.73 Å². The van der Waals surface area contributed by atoms with Gasteiger partial charge >= 0.3 is 0 Å². The van der Waals surface area contributed by atoms with Gasteiger partial charge in [-0.25, -0.2) is 0 Å². The van der Waals surface area contributed by atoms with E-state index in [0.29, 0.717) is 0 Å². The zero-order valence-corrected chi connectivity index (χ0v) is 8.03. The molecule has 12 heavy (non-hydrogen) atoms. The summed E-state index contributed by atoms with van der Waals surface area (Å²) >= 11 is 1.78. The normalized spacial score (nSPS) is 10.8. The maximum atomic E-state index is 5.85. The van der Waals surface area contributed by atoms with Crippen LogP contribution in [0.4, 0.5) is 5.69 Å². The van der Waals surface area contributed by atoms with Crippen LogP contribution in [-0.2, 0) is 0 Å². The Hall–Kier alpha value is -1.02. The number of benzene rings is 1. The molecule has 0 radical (unpaired) electrons. The van der Waals surface area contributed by atoms with Gasteiger partial charge < -0.3 is 5.73 Å². The lowest BCUT2D eigenvalue weighted by Gasteiger charge is -1.94. The van der Waals surface area contributed by atoms with Gasteiger partial charge in [-0.2, -0.15) is 0 Å². The van der Waals surface area contributed by atoms with Gasteiger partial charge in [0.05, 0.1) is 4.70 Å². The molecule has 2 N–H and O–H groups in total. The van der Waals surface area contributed by atoms with Crippen LogP contribution in [0.1, 0.15) is 10.4 Å². The molecule has 62 valence electrons. The van der Waals surface area contributed by atoms with Crippen LogP contribution in [0, 0.1) is 13.8 Å². The number of anilines is 1. The number of nitrogens with two attached hydrogens (primary N) is 1. The molecule has 1 heterocycles. The van der Waals surface area contributed by atoms with Crippen LogP contribution >= 0.6 is 11.3 Å². The number of thiophene rings is 1. The zero-order valence-electron chi connectivity index (χ0n) is 7.22. The van der Waals surface area contributed by atoms with Gasteiger partial charge in [-0.1, -0.05) is 12.1 Å². The van der Waals surface area contributed by atoms with E-state index < -0.39 is 0 Å². The van der Waals surface area contributed by atoms with Crippen LogP contribution in [0.2, 0.25) is 0 Å². The molecule has 0 aliphatic carbocycles. The molecule has 0 amide bonds. The number of rotatable bonds is 0. The van der Waals surface area contributed by atoms with Crippen LogP contribution in [0.3, 0.4) is 0 Å². The third-order valence-electron chi connectivity index (χ3n) is 2.23. The monoisotopic (exact) mass is 177 g/mol. The van der Waals surface area contributed by atoms with Crippen molar-refractivity contribution in [2.24, 2.45) is 0 Å². The van der Waals surface area contributed by atoms with E-state index in [1.54, 1.807) is 11.3 Å². The van der Waals surface area contributed by atoms with Crippen molar-refractivity contribution in [3.8, 4) is 0 Å². The molecule has 1 aromatic carbocycles. The van der Waals surface area contributed by atoms with Gasteiger partial charge in [-0.3, -0.25) is 0 Å². The lowest BCUT2D eigenvalue weighted by Crippen LogP contribution is -1.82. The van der Waals surface area contributed by atoms with E-state index in [2.05, 4.69) is 19.9 Å². The molecule has 0 atom stereocenters. The summed E-state index contributed by atoms with van der Waals surface area (Å²) in [6.07, 6.45) is 0. The Morgan fingerprint density at radius 1 is 1.25 bits per heavy atom. The summed E-state index contributed by atoms with van der Waals surface area (Å²) in [5, 5.41) is 1.30. The molecule has 0 bridgehead atoms. The minimum atomic E-state index is 0.897. The quantitative estimate of drug-likeness (QED) is 0.615. The maximum Gasteiger partial charge on any atom is 0.0577 e. The lowest BCUT2D eigenvalue weighted by molar-refractivity contribution is 1.47. The van der Waals surface area contributed by atoms with Gasteiger partial charge in [-0.05, 0) is 30.9 Å². The highest BCUT2D eigenvalue weighted by Gasteiger charge is 2.05. The molecule has 0 saturated carbocycles. The van der Waals surface area contributed by atoms with Crippen LogP contribution in [0.25, 0.3) is 10.1 Å². The standard InChI is InChI=1S/C10H11NS/c1-6-7(2)12-10-8(6)4-3-5-9(10)11/h3-5H,11H2,1-2H3. The summed E-state index contributed by atoms with van der Waals surface area (Å²) in [6.45, 7) is 4.28. The Kier molecular flexibility index (Phi) is 1.58. The van der Waals surface area contributed by atoms with Crippen molar-refractivity contribution >= 4 is 27.1 Å². The van der Waals surface area contributed by atoms with E-state index in [9.17, 15) is 0 Å². The molecule has 0 fully saturated rings. The summed E-state index contributed by atoms with van der Waals surface area (Å²) in [4.78, 5) is 1.36. The third kappa shape index (κ3) is 0.916. The summed E-state index contributed by atoms with van der Waals surface area (Å²) in [6, 6.07) is 6.10. The molecule has 0 saturated heterocycles. The predicted molar refractivity (Wildman–Crippen MR) is 55.7 cm³/mol. The number of aryl methyl sites for hydroxylation is 2. The fraction of sp³-hybridized carbons (Fsp3) is 0.200. The second-order valence-electron chi connectivity index (χ2n) is 3.01. The molecule has 0 aliphatic rings. The minimum Gasteiger partial charge on any atom is -0.398 e. The summed E-state index contributed by atoms with van der Waals surface area (Å²) in [7, 11) is 0. The molecule has 0 aliphatic heterocycles. The minimum absolute atomic E-state index is 0.897. The summed E-state index contributed by atoms with van der Waals surface area (Å²) < 4.78 is 1.23. The highest BCUT2D eigenvalue weighted by molar-refractivity contribution is 7.19. The van der Waals surface area contributed by atoms with Gasteiger partial charge in [0, 0.05) is 10.6 Å². The van der Waals surface area contributed by atoms with Crippen molar-refractivity contribution in [1.82, 2.24) is 0 Å². The van der Waals surface area contributed by atoms with Crippen molar-refractivity contribution < 1.29 is 0 Å². The second-order valence-corrected chi connectivity index (χ2v) is 4.23. The average molecular weight is 177 g/mol. The van der Waals surface area contributed by atoms with E-state index in [-0.39, 0.29) is 0 Å². The van der Waals surface area contributed by atoms with Gasteiger partial charge in [0.2, 0.25) is 0 Å². The fourth-order valence-electron chi connectivity index (χ4n) is 1.38. The smallest absolute Gasteiger partial charge is 0.0577 e. The van der Waals surface area contributed by atoms with Crippen molar-refractivity contribution in [2.75, 3.05) is 5.73 Å². The first kappa shape index (κ1) is 7.62. The van der Waals surface area contributed by atoms with Crippen LogP contribution in [0.5, 0.6) is 0 Å². The van der Waals surface area contributed by atoms with Crippen molar-refractivity contribution in [2.45, 2.75) is 13.8 Å². The Balaban J connectivity index is 2.95. The summed E-state index contributed by atoms with van der Waals surface area (Å²) in [5.74, 6) is 0. The SMILES string of the molecule is Cc1sc2c(N)cccc2c1C. The molecule has 2 rings (SSSR count). The first-order valence-electron chi connectivity index (χ1n) is 3.94. The van der Waals surface area contributed by atoms with E-state index in [1.165, 1.54) is 20.5 Å².